The molecule has 19 heavy (non-hydrogen) atoms. The Morgan fingerprint density at radius 3 is 1.63 bits per heavy atom. The molecule has 1 aromatic carbocycles. The number of primary amides is 2. The standard InChI is InChI=1S/C13H16N2O4/c1-18-9-3-7-5-13(11(14)16,12(15)17)6-8(7)4-10(9)19-2/h3-4H,5-6H2,1-2H3,(H2,14,16)(H2,15,17). The van der Waals surface area contributed by atoms with E-state index in [9.17, 15) is 9.59 Å². The third kappa shape index (κ3) is 1.89. The second-order valence-corrected chi connectivity index (χ2v) is 4.64. The highest BCUT2D eigenvalue weighted by Crippen LogP contribution is 2.42. The third-order valence-electron chi connectivity index (χ3n) is 3.63. The molecule has 2 amide bonds. The Balaban J connectivity index is 2.49. The van der Waals surface area contributed by atoms with Gasteiger partial charge >= 0.3 is 0 Å². The first-order valence-corrected chi connectivity index (χ1v) is 5.78. The number of carbonyl (C=O) groups excluding carboxylic acids is 2. The normalized spacial score (nSPS) is 15.7. The van der Waals surface area contributed by atoms with Crippen LogP contribution in [0.25, 0.3) is 0 Å². The van der Waals surface area contributed by atoms with E-state index in [1.165, 1.54) is 14.2 Å². The molecule has 0 saturated carbocycles. The molecule has 1 aliphatic carbocycles. The molecule has 6 nitrogen and oxygen atoms in total. The number of methoxy groups -OCH3 is 2. The van der Waals surface area contributed by atoms with Crippen molar-refractivity contribution in [2.45, 2.75) is 12.8 Å². The van der Waals surface area contributed by atoms with Gasteiger partial charge in [-0.2, -0.15) is 0 Å². The first kappa shape index (κ1) is 13.2. The number of rotatable bonds is 4. The zero-order chi connectivity index (χ0) is 14.2. The molecule has 0 saturated heterocycles. The number of nitrogens with two attached hydrogens (primary N) is 2. The van der Waals surface area contributed by atoms with E-state index in [0.29, 0.717) is 11.5 Å². The van der Waals surface area contributed by atoms with Crippen LogP contribution in [0.5, 0.6) is 11.5 Å². The second kappa shape index (κ2) is 4.46. The number of fused-ring (bicyclic) bond motifs is 1. The van der Waals surface area contributed by atoms with Crippen molar-refractivity contribution in [2.24, 2.45) is 16.9 Å². The summed E-state index contributed by atoms with van der Waals surface area (Å²) in [5.74, 6) is -0.305. The Morgan fingerprint density at radius 2 is 1.37 bits per heavy atom. The molecule has 4 N–H and O–H groups in total. The van der Waals surface area contributed by atoms with Gasteiger partial charge in [-0.3, -0.25) is 9.59 Å². The maximum absolute atomic E-state index is 11.6. The van der Waals surface area contributed by atoms with Crippen LogP contribution < -0.4 is 20.9 Å². The summed E-state index contributed by atoms with van der Waals surface area (Å²) in [6, 6.07) is 3.50. The number of hydrogen-bond acceptors (Lipinski definition) is 4. The largest absolute Gasteiger partial charge is 0.493 e. The van der Waals surface area contributed by atoms with Gasteiger partial charge in [0.2, 0.25) is 11.8 Å². The van der Waals surface area contributed by atoms with E-state index < -0.39 is 17.2 Å². The predicted octanol–water partition coefficient (Wildman–Crippen LogP) is -0.241. The predicted molar refractivity (Wildman–Crippen MR) is 67.8 cm³/mol. The molecule has 0 fully saturated rings. The first-order valence-electron chi connectivity index (χ1n) is 5.78. The minimum atomic E-state index is -1.35. The zero-order valence-corrected chi connectivity index (χ0v) is 10.9. The van der Waals surface area contributed by atoms with Crippen LogP contribution >= 0.6 is 0 Å². The van der Waals surface area contributed by atoms with Crippen molar-refractivity contribution in [1.29, 1.82) is 0 Å². The van der Waals surface area contributed by atoms with Crippen LogP contribution in [0.2, 0.25) is 0 Å². The second-order valence-electron chi connectivity index (χ2n) is 4.64. The van der Waals surface area contributed by atoms with Crippen LogP contribution in [0.4, 0.5) is 0 Å². The molecular weight excluding hydrogens is 248 g/mol. The SMILES string of the molecule is COc1cc2c(cc1OC)CC(C(N)=O)(C(N)=O)C2. The van der Waals surface area contributed by atoms with Gasteiger partial charge in [-0.1, -0.05) is 0 Å². The average molecular weight is 264 g/mol. The molecular formula is C13H16N2O4. The van der Waals surface area contributed by atoms with E-state index in [2.05, 4.69) is 0 Å². The summed E-state index contributed by atoms with van der Waals surface area (Å²) in [7, 11) is 3.04. The summed E-state index contributed by atoms with van der Waals surface area (Å²) in [6.45, 7) is 0. The summed E-state index contributed by atoms with van der Waals surface area (Å²) in [5, 5.41) is 0. The Hall–Kier alpha value is -2.24. The molecule has 0 spiro atoms. The quantitative estimate of drug-likeness (QED) is 0.732. The van der Waals surface area contributed by atoms with Gasteiger partial charge in [-0.25, -0.2) is 0 Å². The van der Waals surface area contributed by atoms with Gasteiger partial charge in [0, 0.05) is 0 Å². The highest BCUT2D eigenvalue weighted by atomic mass is 16.5. The van der Waals surface area contributed by atoms with Gasteiger partial charge < -0.3 is 20.9 Å². The lowest BCUT2D eigenvalue weighted by atomic mass is 9.83. The fourth-order valence-electron chi connectivity index (χ4n) is 2.47. The van der Waals surface area contributed by atoms with Crippen LogP contribution in [0.15, 0.2) is 12.1 Å². The summed E-state index contributed by atoms with van der Waals surface area (Å²) in [6.07, 6.45) is 0.403. The molecule has 0 aliphatic heterocycles. The summed E-state index contributed by atoms with van der Waals surface area (Å²) in [5.41, 5.74) is 11.0. The number of hydrogen-bond donors (Lipinski definition) is 2. The lowest BCUT2D eigenvalue weighted by molar-refractivity contribution is -0.139. The average Bonchev–Trinajstić information content (AvgIpc) is 2.76. The van der Waals surface area contributed by atoms with Gasteiger partial charge in [0.05, 0.1) is 14.2 Å². The van der Waals surface area contributed by atoms with Crippen molar-refractivity contribution in [3.05, 3.63) is 23.3 Å². The van der Waals surface area contributed by atoms with Gasteiger partial charge in [-0.05, 0) is 36.1 Å². The Bertz CT molecular complexity index is 505. The molecule has 102 valence electrons. The Kier molecular flexibility index (Phi) is 3.09. The van der Waals surface area contributed by atoms with E-state index in [-0.39, 0.29) is 12.8 Å². The van der Waals surface area contributed by atoms with Crippen molar-refractivity contribution < 1.29 is 19.1 Å². The molecule has 0 radical (unpaired) electrons. The highest BCUT2D eigenvalue weighted by Gasteiger charge is 2.48. The molecule has 0 atom stereocenters. The maximum atomic E-state index is 11.6. The lowest BCUT2D eigenvalue weighted by Crippen LogP contribution is -2.48. The van der Waals surface area contributed by atoms with Gasteiger partial charge in [0.15, 0.2) is 11.5 Å². The monoisotopic (exact) mass is 264 g/mol. The number of carbonyl (C=O) groups is 2. The minimum Gasteiger partial charge on any atom is -0.493 e. The molecule has 2 rings (SSSR count). The molecule has 1 aromatic rings. The lowest BCUT2D eigenvalue weighted by Gasteiger charge is -2.20. The molecule has 6 heteroatoms. The summed E-state index contributed by atoms with van der Waals surface area (Å²) >= 11 is 0. The van der Waals surface area contributed by atoms with Crippen LogP contribution in [0.3, 0.4) is 0 Å². The Morgan fingerprint density at radius 1 is 1.00 bits per heavy atom. The molecule has 0 unspecified atom stereocenters. The number of ether oxygens (including phenoxy) is 2. The molecule has 0 bridgehead atoms. The van der Waals surface area contributed by atoms with Crippen molar-refractivity contribution in [3.8, 4) is 11.5 Å². The molecule has 0 aromatic heterocycles. The Labute approximate surface area is 110 Å². The van der Waals surface area contributed by atoms with Gasteiger partial charge in [0.1, 0.15) is 5.41 Å². The van der Waals surface area contributed by atoms with Crippen LogP contribution in [0, 0.1) is 5.41 Å². The fraction of sp³-hybridized carbons (Fsp3) is 0.385. The fourth-order valence-corrected chi connectivity index (χ4v) is 2.47. The van der Waals surface area contributed by atoms with Gasteiger partial charge in [-0.15, -0.1) is 0 Å². The van der Waals surface area contributed by atoms with E-state index >= 15 is 0 Å². The van der Waals surface area contributed by atoms with Crippen LogP contribution in [0.1, 0.15) is 11.1 Å². The van der Waals surface area contributed by atoms with Crippen molar-refractivity contribution in [3.63, 3.8) is 0 Å². The maximum Gasteiger partial charge on any atom is 0.233 e. The topological polar surface area (TPSA) is 105 Å². The van der Waals surface area contributed by atoms with Crippen molar-refractivity contribution >= 4 is 11.8 Å². The van der Waals surface area contributed by atoms with Crippen molar-refractivity contribution in [2.75, 3.05) is 14.2 Å². The zero-order valence-electron chi connectivity index (χ0n) is 10.9. The summed E-state index contributed by atoms with van der Waals surface area (Å²) in [4.78, 5) is 23.2. The van der Waals surface area contributed by atoms with Crippen LogP contribution in [-0.4, -0.2) is 26.0 Å². The highest BCUT2D eigenvalue weighted by molar-refractivity contribution is 6.05. The van der Waals surface area contributed by atoms with Crippen LogP contribution in [-0.2, 0) is 22.4 Å². The molecule has 0 heterocycles. The van der Waals surface area contributed by atoms with Gasteiger partial charge in [0.25, 0.3) is 0 Å². The number of benzene rings is 1. The van der Waals surface area contributed by atoms with Crippen molar-refractivity contribution in [1.82, 2.24) is 0 Å². The number of amides is 2. The molecule has 1 aliphatic rings. The third-order valence-corrected chi connectivity index (χ3v) is 3.63. The van der Waals surface area contributed by atoms with E-state index in [4.69, 9.17) is 20.9 Å². The smallest absolute Gasteiger partial charge is 0.233 e. The summed E-state index contributed by atoms with van der Waals surface area (Å²) < 4.78 is 10.4. The van der Waals surface area contributed by atoms with E-state index in [0.717, 1.165) is 11.1 Å². The minimum absolute atomic E-state index is 0.202. The first-order chi connectivity index (χ1) is 8.94. The van der Waals surface area contributed by atoms with E-state index in [1.54, 1.807) is 12.1 Å². The van der Waals surface area contributed by atoms with E-state index in [1.807, 2.05) is 0 Å².